The molecule has 0 saturated heterocycles. The summed E-state index contributed by atoms with van der Waals surface area (Å²) >= 11 is 0. The average Bonchev–Trinajstić information content (AvgIpc) is 2.28. The van der Waals surface area contributed by atoms with Crippen LogP contribution in [-0.2, 0) is 0 Å². The SMILES string of the molecule is [B]CC(C)CC(CC(C)C)c1ccc(O)cc1. The van der Waals surface area contributed by atoms with Crippen LogP contribution < -0.4 is 0 Å². The number of phenolic OH excluding ortho intramolecular Hbond substituents is 1. The molecule has 2 heteroatoms. The van der Waals surface area contributed by atoms with Crippen molar-refractivity contribution >= 4 is 7.85 Å². The lowest BCUT2D eigenvalue weighted by molar-refractivity contribution is 0.423. The number of phenols is 1. The molecule has 1 N–H and O–H groups in total. The quantitative estimate of drug-likeness (QED) is 0.728. The number of hydrogen-bond acceptors (Lipinski definition) is 1. The van der Waals surface area contributed by atoms with Gasteiger partial charge in [0.15, 0.2) is 0 Å². The standard InChI is InChI=1S/C15H23BO/c1-11(2)8-14(9-12(3)10-16)13-4-6-15(17)7-5-13/h4-7,11-12,14,17H,8-10H2,1-3H3. The van der Waals surface area contributed by atoms with Gasteiger partial charge in [0.1, 0.15) is 5.75 Å². The van der Waals surface area contributed by atoms with Crippen molar-refractivity contribution in [3.63, 3.8) is 0 Å². The molecule has 1 rings (SSSR count). The van der Waals surface area contributed by atoms with Gasteiger partial charge in [-0.15, -0.1) is 0 Å². The summed E-state index contributed by atoms with van der Waals surface area (Å²) in [6, 6.07) is 7.61. The van der Waals surface area contributed by atoms with Crippen LogP contribution >= 0.6 is 0 Å². The summed E-state index contributed by atoms with van der Waals surface area (Å²) in [5.74, 6) is 2.12. The highest BCUT2D eigenvalue weighted by molar-refractivity contribution is 6.08. The average molecular weight is 230 g/mol. The van der Waals surface area contributed by atoms with Gasteiger partial charge in [0.2, 0.25) is 0 Å². The lowest BCUT2D eigenvalue weighted by atomic mass is 9.79. The molecule has 0 bridgehead atoms. The maximum absolute atomic E-state index is 9.33. The summed E-state index contributed by atoms with van der Waals surface area (Å²) in [7, 11) is 5.71. The minimum absolute atomic E-state index is 0.337. The van der Waals surface area contributed by atoms with E-state index in [1.165, 1.54) is 12.0 Å². The molecule has 0 spiro atoms. The van der Waals surface area contributed by atoms with Gasteiger partial charge in [0, 0.05) is 0 Å². The molecule has 0 aliphatic rings. The largest absolute Gasteiger partial charge is 0.508 e. The van der Waals surface area contributed by atoms with Gasteiger partial charge in [-0.1, -0.05) is 45.1 Å². The maximum atomic E-state index is 9.33. The molecule has 0 aliphatic heterocycles. The van der Waals surface area contributed by atoms with Crippen LogP contribution in [0.3, 0.4) is 0 Å². The lowest BCUT2D eigenvalue weighted by Crippen LogP contribution is -2.08. The van der Waals surface area contributed by atoms with E-state index in [9.17, 15) is 5.11 Å². The second-order valence-electron chi connectivity index (χ2n) is 5.49. The van der Waals surface area contributed by atoms with Gasteiger partial charge in [-0.3, -0.25) is 0 Å². The first kappa shape index (κ1) is 14.1. The van der Waals surface area contributed by atoms with Crippen LogP contribution in [0.25, 0.3) is 0 Å². The molecule has 2 unspecified atom stereocenters. The first-order valence-corrected chi connectivity index (χ1v) is 6.52. The zero-order valence-corrected chi connectivity index (χ0v) is 11.2. The highest BCUT2D eigenvalue weighted by Crippen LogP contribution is 2.31. The van der Waals surface area contributed by atoms with Crippen molar-refractivity contribution in [2.75, 3.05) is 0 Å². The normalized spacial score (nSPS) is 14.8. The van der Waals surface area contributed by atoms with Crippen LogP contribution in [0, 0.1) is 11.8 Å². The Balaban J connectivity index is 2.77. The summed E-state index contributed by atoms with van der Waals surface area (Å²) < 4.78 is 0. The van der Waals surface area contributed by atoms with Crippen molar-refractivity contribution in [2.24, 2.45) is 11.8 Å². The van der Waals surface area contributed by atoms with Gasteiger partial charge in [0.25, 0.3) is 0 Å². The Hall–Kier alpha value is -0.915. The van der Waals surface area contributed by atoms with Crippen molar-refractivity contribution in [2.45, 2.75) is 45.9 Å². The van der Waals surface area contributed by atoms with E-state index in [1.54, 1.807) is 12.1 Å². The summed E-state index contributed by atoms with van der Waals surface area (Å²) in [6.07, 6.45) is 3.04. The van der Waals surface area contributed by atoms with Crippen molar-refractivity contribution < 1.29 is 5.11 Å². The van der Waals surface area contributed by atoms with E-state index in [-0.39, 0.29) is 0 Å². The second kappa shape index (κ2) is 6.73. The summed E-state index contributed by atoms with van der Waals surface area (Å²) in [5.41, 5.74) is 1.32. The van der Waals surface area contributed by atoms with Gasteiger partial charge >= 0.3 is 0 Å². The molecule has 1 aromatic rings. The van der Waals surface area contributed by atoms with Crippen LogP contribution in [-0.4, -0.2) is 13.0 Å². The van der Waals surface area contributed by atoms with E-state index in [4.69, 9.17) is 7.85 Å². The Kier molecular flexibility index (Phi) is 5.60. The molecular formula is C15H23BO. The van der Waals surface area contributed by atoms with Gasteiger partial charge < -0.3 is 5.11 Å². The van der Waals surface area contributed by atoms with Crippen LogP contribution in [0.5, 0.6) is 5.75 Å². The Morgan fingerprint density at radius 1 is 1.06 bits per heavy atom. The predicted molar refractivity (Wildman–Crippen MR) is 74.6 cm³/mol. The molecule has 0 aromatic heterocycles. The van der Waals surface area contributed by atoms with Gasteiger partial charge in [-0.25, -0.2) is 0 Å². The summed E-state index contributed by atoms with van der Waals surface area (Å²) in [4.78, 5) is 0. The van der Waals surface area contributed by atoms with Crippen molar-refractivity contribution in [3.05, 3.63) is 29.8 Å². The van der Waals surface area contributed by atoms with Crippen LogP contribution in [0.15, 0.2) is 24.3 Å². The highest BCUT2D eigenvalue weighted by atomic mass is 16.3. The molecule has 0 saturated carbocycles. The fourth-order valence-electron chi connectivity index (χ4n) is 2.27. The van der Waals surface area contributed by atoms with Gasteiger partial charge in [-0.05, 0) is 42.4 Å². The Morgan fingerprint density at radius 3 is 2.12 bits per heavy atom. The molecule has 1 aromatic carbocycles. The molecule has 0 heterocycles. The minimum atomic E-state index is 0.337. The molecule has 0 fully saturated rings. The fourth-order valence-corrected chi connectivity index (χ4v) is 2.27. The Bertz CT molecular complexity index is 318. The van der Waals surface area contributed by atoms with E-state index >= 15 is 0 Å². The highest BCUT2D eigenvalue weighted by Gasteiger charge is 2.16. The summed E-state index contributed by atoms with van der Waals surface area (Å²) in [6.45, 7) is 6.70. The molecule has 2 radical (unpaired) electrons. The number of rotatable bonds is 6. The molecule has 0 aliphatic carbocycles. The van der Waals surface area contributed by atoms with Crippen molar-refractivity contribution in [1.82, 2.24) is 0 Å². The van der Waals surface area contributed by atoms with Crippen molar-refractivity contribution in [1.29, 1.82) is 0 Å². The van der Waals surface area contributed by atoms with Crippen LogP contribution in [0.1, 0.15) is 45.1 Å². The number of benzene rings is 1. The zero-order chi connectivity index (χ0) is 12.8. The fraction of sp³-hybridized carbons (Fsp3) is 0.600. The maximum Gasteiger partial charge on any atom is 0.115 e. The number of aromatic hydroxyl groups is 1. The van der Waals surface area contributed by atoms with E-state index < -0.39 is 0 Å². The molecular weight excluding hydrogens is 207 g/mol. The summed E-state index contributed by atoms with van der Waals surface area (Å²) in [5, 5.41) is 9.33. The van der Waals surface area contributed by atoms with Gasteiger partial charge in [-0.2, -0.15) is 0 Å². The van der Waals surface area contributed by atoms with Crippen molar-refractivity contribution in [3.8, 4) is 5.75 Å². The first-order valence-electron chi connectivity index (χ1n) is 6.52. The predicted octanol–water partition coefficient (Wildman–Crippen LogP) is 4.13. The zero-order valence-electron chi connectivity index (χ0n) is 11.2. The molecule has 2 atom stereocenters. The minimum Gasteiger partial charge on any atom is -0.508 e. The monoisotopic (exact) mass is 230 g/mol. The molecule has 17 heavy (non-hydrogen) atoms. The third-order valence-electron chi connectivity index (χ3n) is 3.21. The third kappa shape index (κ3) is 4.85. The molecule has 1 nitrogen and oxygen atoms in total. The second-order valence-corrected chi connectivity index (χ2v) is 5.49. The molecule has 0 amide bonds. The Morgan fingerprint density at radius 2 is 1.65 bits per heavy atom. The van der Waals surface area contributed by atoms with Crippen LogP contribution in [0.4, 0.5) is 0 Å². The van der Waals surface area contributed by atoms with E-state index in [0.29, 0.717) is 23.5 Å². The Labute approximate surface area is 107 Å². The first-order chi connectivity index (χ1) is 8.02. The van der Waals surface area contributed by atoms with E-state index in [1.807, 2.05) is 12.1 Å². The molecule has 92 valence electrons. The van der Waals surface area contributed by atoms with Gasteiger partial charge in [0.05, 0.1) is 7.85 Å². The van der Waals surface area contributed by atoms with Crippen LogP contribution in [0.2, 0.25) is 6.32 Å². The lowest BCUT2D eigenvalue weighted by Gasteiger charge is -2.22. The third-order valence-corrected chi connectivity index (χ3v) is 3.21. The van der Waals surface area contributed by atoms with E-state index in [0.717, 1.165) is 12.7 Å². The number of hydrogen-bond donors (Lipinski definition) is 1. The topological polar surface area (TPSA) is 20.2 Å². The smallest absolute Gasteiger partial charge is 0.115 e. The van der Waals surface area contributed by atoms with E-state index in [2.05, 4.69) is 20.8 Å².